The summed E-state index contributed by atoms with van der Waals surface area (Å²) in [6.07, 6.45) is 9.60. The van der Waals surface area contributed by atoms with Crippen LogP contribution >= 0.6 is 11.3 Å². The molecule has 0 atom stereocenters. The van der Waals surface area contributed by atoms with E-state index < -0.39 is 0 Å². The minimum Gasteiger partial charge on any atom is -0.311 e. The Bertz CT molecular complexity index is 1660. The van der Waals surface area contributed by atoms with Gasteiger partial charge in [0.1, 0.15) is 17.5 Å². The van der Waals surface area contributed by atoms with Crippen LogP contribution in [0.3, 0.4) is 0 Å². The summed E-state index contributed by atoms with van der Waals surface area (Å²) in [7, 11) is 0. The molecule has 0 saturated heterocycles. The zero-order valence-electron chi connectivity index (χ0n) is 17.1. The average molecular weight is 432 g/mol. The molecule has 0 bridgehead atoms. The number of hydrogen-bond donors (Lipinski definition) is 0. The molecule has 32 heavy (non-hydrogen) atoms. The topological polar surface area (TPSA) is 56.5 Å². The first-order valence-corrected chi connectivity index (χ1v) is 11.4. The Kier molecular flexibility index (Phi) is 3.77. The normalized spacial score (nSPS) is 13.2. The van der Waals surface area contributed by atoms with E-state index >= 15 is 0 Å². The Morgan fingerprint density at radius 3 is 2.62 bits per heavy atom. The van der Waals surface area contributed by atoms with E-state index in [-0.39, 0.29) is 0 Å². The number of hydrogen-bond acceptors (Lipinski definition) is 5. The van der Waals surface area contributed by atoms with Crippen LogP contribution in [0.4, 0.5) is 0 Å². The molecule has 0 fully saturated rings. The maximum Gasteiger partial charge on any atom is 0.162 e. The summed E-state index contributed by atoms with van der Waals surface area (Å²) in [5.74, 6) is 0.682. The van der Waals surface area contributed by atoms with Gasteiger partial charge in [0, 0.05) is 38.0 Å². The number of pyridine rings is 1. The van der Waals surface area contributed by atoms with Gasteiger partial charge >= 0.3 is 0 Å². The number of thiophene rings is 1. The quantitative estimate of drug-likeness (QED) is 0.327. The van der Waals surface area contributed by atoms with E-state index in [2.05, 4.69) is 86.3 Å². The molecule has 4 heterocycles. The number of benzene rings is 2. The van der Waals surface area contributed by atoms with Gasteiger partial charge in [0.2, 0.25) is 0 Å². The van der Waals surface area contributed by atoms with Crippen LogP contribution in [0.15, 0.2) is 73.3 Å². The Hall–Kier alpha value is -3.90. The van der Waals surface area contributed by atoms with Crippen LogP contribution in [-0.4, -0.2) is 24.5 Å². The van der Waals surface area contributed by atoms with Gasteiger partial charge in [-0.1, -0.05) is 30.4 Å². The molecule has 7 rings (SSSR count). The predicted molar refractivity (Wildman–Crippen MR) is 130 cm³/mol. The standard InChI is InChI=1S/C26H17N5S/c1-3-7-21-19(6-1)24-22(13-20-18-5-2-4-8-23(18)32-26(20)30-24)31(21)17-11-9-16(10-12-17)25-28-14-27-15-29-25/h1-2,4-6,8-15H,3,7H2. The highest BCUT2D eigenvalue weighted by molar-refractivity contribution is 7.25. The molecule has 2 aromatic carbocycles. The molecule has 1 aliphatic rings. The third-order valence-electron chi connectivity index (χ3n) is 6.14. The van der Waals surface area contributed by atoms with E-state index in [1.165, 1.54) is 39.4 Å². The molecule has 1 aliphatic carbocycles. The molecule has 0 spiro atoms. The molecule has 5 nitrogen and oxygen atoms in total. The summed E-state index contributed by atoms with van der Waals surface area (Å²) in [5, 5.41) is 2.49. The molecule has 152 valence electrons. The second-order valence-corrected chi connectivity index (χ2v) is 8.98. The zero-order chi connectivity index (χ0) is 21.1. The SMILES string of the molecule is C1=Cc2c(n(-c3ccc(-c4ncncn4)cc3)c3cc4c(nc23)sc2ccccc24)CC1. The molecule has 0 aliphatic heterocycles. The van der Waals surface area contributed by atoms with Crippen molar-refractivity contribution in [1.82, 2.24) is 24.5 Å². The van der Waals surface area contributed by atoms with E-state index in [1.54, 1.807) is 11.3 Å². The van der Waals surface area contributed by atoms with Crippen molar-refractivity contribution in [3.63, 3.8) is 0 Å². The van der Waals surface area contributed by atoms with Crippen molar-refractivity contribution in [3.8, 4) is 17.1 Å². The van der Waals surface area contributed by atoms with Gasteiger partial charge in [-0.15, -0.1) is 11.3 Å². The molecule has 4 aromatic heterocycles. The van der Waals surface area contributed by atoms with Crippen molar-refractivity contribution in [3.05, 3.63) is 84.6 Å². The molecule has 6 heteroatoms. The number of rotatable bonds is 2. The number of aromatic nitrogens is 5. The number of nitrogens with zero attached hydrogens (tertiary/aromatic N) is 5. The highest BCUT2D eigenvalue weighted by atomic mass is 32.1. The van der Waals surface area contributed by atoms with Gasteiger partial charge in [-0.2, -0.15) is 0 Å². The van der Waals surface area contributed by atoms with Crippen molar-refractivity contribution in [2.75, 3.05) is 0 Å². The monoisotopic (exact) mass is 431 g/mol. The van der Waals surface area contributed by atoms with Crippen molar-refractivity contribution in [2.45, 2.75) is 12.8 Å². The van der Waals surface area contributed by atoms with E-state index in [0.717, 1.165) is 40.0 Å². The van der Waals surface area contributed by atoms with Gasteiger partial charge < -0.3 is 4.57 Å². The van der Waals surface area contributed by atoms with Gasteiger partial charge in [0.05, 0.1) is 11.0 Å². The van der Waals surface area contributed by atoms with Crippen molar-refractivity contribution < 1.29 is 0 Å². The van der Waals surface area contributed by atoms with E-state index in [1.807, 2.05) is 0 Å². The van der Waals surface area contributed by atoms with E-state index in [9.17, 15) is 0 Å². The van der Waals surface area contributed by atoms with Crippen LogP contribution in [0.25, 0.3) is 54.5 Å². The lowest BCUT2D eigenvalue weighted by Gasteiger charge is -2.13. The highest BCUT2D eigenvalue weighted by Crippen LogP contribution is 2.39. The van der Waals surface area contributed by atoms with Gasteiger partial charge in [-0.25, -0.2) is 19.9 Å². The second-order valence-electron chi connectivity index (χ2n) is 7.95. The first kappa shape index (κ1) is 17.7. The summed E-state index contributed by atoms with van der Waals surface area (Å²) in [5.41, 5.74) is 6.91. The molecule has 6 aromatic rings. The fourth-order valence-corrected chi connectivity index (χ4v) is 5.75. The first-order chi connectivity index (χ1) is 15.9. The van der Waals surface area contributed by atoms with Crippen LogP contribution < -0.4 is 0 Å². The van der Waals surface area contributed by atoms with Crippen LogP contribution in [0.1, 0.15) is 17.7 Å². The van der Waals surface area contributed by atoms with Crippen LogP contribution in [-0.2, 0) is 6.42 Å². The minimum atomic E-state index is 0.682. The summed E-state index contributed by atoms with van der Waals surface area (Å²) in [4.78, 5) is 18.7. The molecular weight excluding hydrogens is 414 g/mol. The van der Waals surface area contributed by atoms with E-state index in [4.69, 9.17) is 4.98 Å². The van der Waals surface area contributed by atoms with Crippen LogP contribution in [0.5, 0.6) is 0 Å². The average Bonchev–Trinajstić information content (AvgIpc) is 3.38. The van der Waals surface area contributed by atoms with Crippen molar-refractivity contribution >= 4 is 48.7 Å². The van der Waals surface area contributed by atoms with Gasteiger partial charge in [-0.05, 0) is 49.2 Å². The lowest BCUT2D eigenvalue weighted by atomic mass is 10.0. The Balaban J connectivity index is 1.49. The Morgan fingerprint density at radius 2 is 1.75 bits per heavy atom. The Morgan fingerprint density at radius 1 is 0.906 bits per heavy atom. The third kappa shape index (κ3) is 2.56. The maximum atomic E-state index is 5.16. The fraction of sp³-hybridized carbons (Fsp3) is 0.0769. The van der Waals surface area contributed by atoms with Crippen LogP contribution in [0.2, 0.25) is 0 Å². The van der Waals surface area contributed by atoms with Gasteiger partial charge in [-0.3, -0.25) is 0 Å². The number of fused-ring (bicyclic) bond motifs is 6. The molecule has 0 unspecified atom stereocenters. The third-order valence-corrected chi connectivity index (χ3v) is 7.22. The molecular formula is C26H17N5S. The predicted octanol–water partition coefficient (Wildman–Crippen LogP) is 6.20. The first-order valence-electron chi connectivity index (χ1n) is 10.6. The zero-order valence-corrected chi connectivity index (χ0v) is 17.9. The van der Waals surface area contributed by atoms with Crippen molar-refractivity contribution in [1.29, 1.82) is 0 Å². The lowest BCUT2D eigenvalue weighted by Crippen LogP contribution is -2.03. The van der Waals surface area contributed by atoms with Gasteiger partial charge in [0.25, 0.3) is 0 Å². The lowest BCUT2D eigenvalue weighted by molar-refractivity contribution is 0.888. The smallest absolute Gasteiger partial charge is 0.162 e. The van der Waals surface area contributed by atoms with Crippen molar-refractivity contribution in [2.24, 2.45) is 0 Å². The van der Waals surface area contributed by atoms with Gasteiger partial charge in [0.15, 0.2) is 5.82 Å². The molecule has 0 radical (unpaired) electrons. The minimum absolute atomic E-state index is 0.682. The summed E-state index contributed by atoms with van der Waals surface area (Å²) >= 11 is 1.77. The summed E-state index contributed by atoms with van der Waals surface area (Å²) in [6.45, 7) is 0. The highest BCUT2D eigenvalue weighted by Gasteiger charge is 2.21. The second kappa shape index (κ2) is 6.80. The van der Waals surface area contributed by atoms with E-state index in [0.29, 0.717) is 5.82 Å². The Labute approximate surface area is 187 Å². The molecule has 0 N–H and O–H groups in total. The molecule has 0 saturated carbocycles. The largest absolute Gasteiger partial charge is 0.311 e. The maximum absolute atomic E-state index is 5.16. The molecule has 0 amide bonds. The summed E-state index contributed by atoms with van der Waals surface area (Å²) in [6, 6.07) is 19.3. The summed E-state index contributed by atoms with van der Waals surface area (Å²) < 4.78 is 3.66. The van der Waals surface area contributed by atoms with Crippen LogP contribution in [0, 0.1) is 0 Å². The fourth-order valence-electron chi connectivity index (χ4n) is 4.70. The number of allylic oxidation sites excluding steroid dienone is 1.